The highest BCUT2D eigenvalue weighted by Crippen LogP contribution is 2.37. The summed E-state index contributed by atoms with van der Waals surface area (Å²) in [7, 11) is 0. The molecular weight excluding hydrogens is 475 g/mol. The van der Waals surface area contributed by atoms with Crippen LogP contribution in [0, 0.1) is 11.7 Å². The Morgan fingerprint density at radius 2 is 1.89 bits per heavy atom. The number of urea groups is 1. The van der Waals surface area contributed by atoms with E-state index in [-0.39, 0.29) is 42.7 Å². The highest BCUT2D eigenvalue weighted by atomic mass is 19.1. The first-order valence-electron chi connectivity index (χ1n) is 12.7. The van der Waals surface area contributed by atoms with E-state index in [2.05, 4.69) is 10.6 Å². The molecule has 0 radical (unpaired) electrons. The number of nitrogens with zero attached hydrogens (tertiary/aromatic N) is 2. The second-order valence-electron chi connectivity index (χ2n) is 10.5. The van der Waals surface area contributed by atoms with Crippen LogP contribution in [0.1, 0.15) is 49.8 Å². The first-order chi connectivity index (χ1) is 17.6. The van der Waals surface area contributed by atoms with Crippen LogP contribution < -0.4 is 10.6 Å². The minimum Gasteiger partial charge on any atom is -0.334 e. The van der Waals surface area contributed by atoms with Gasteiger partial charge in [-0.25, -0.2) is 9.18 Å². The van der Waals surface area contributed by atoms with Gasteiger partial charge in [-0.1, -0.05) is 18.2 Å². The van der Waals surface area contributed by atoms with E-state index < -0.39 is 11.6 Å². The van der Waals surface area contributed by atoms with Crippen molar-refractivity contribution >= 4 is 29.4 Å². The Morgan fingerprint density at radius 1 is 1.16 bits per heavy atom. The summed E-state index contributed by atoms with van der Waals surface area (Å²) in [6.07, 6.45) is 3.37. The van der Waals surface area contributed by atoms with Crippen LogP contribution >= 0.6 is 0 Å². The molecule has 194 valence electrons. The van der Waals surface area contributed by atoms with Crippen molar-refractivity contribution in [3.05, 3.63) is 65.0 Å². The third kappa shape index (κ3) is 5.08. The molecule has 1 saturated heterocycles. The number of benzene rings is 2. The quantitative estimate of drug-likeness (QED) is 0.563. The van der Waals surface area contributed by atoms with Crippen LogP contribution in [0.5, 0.6) is 0 Å². The van der Waals surface area contributed by atoms with E-state index in [1.165, 1.54) is 19.1 Å². The van der Waals surface area contributed by atoms with Crippen molar-refractivity contribution in [2.45, 2.75) is 64.1 Å². The number of amides is 5. The summed E-state index contributed by atoms with van der Waals surface area (Å²) >= 11 is 0. The second-order valence-corrected chi connectivity index (χ2v) is 10.5. The molecule has 0 aromatic heterocycles. The summed E-state index contributed by atoms with van der Waals surface area (Å²) < 4.78 is 13.4. The number of carbonyl (C=O) groups is 4. The van der Waals surface area contributed by atoms with Crippen LogP contribution in [-0.4, -0.2) is 51.7 Å². The van der Waals surface area contributed by atoms with Gasteiger partial charge in [0.2, 0.25) is 11.8 Å². The van der Waals surface area contributed by atoms with Crippen molar-refractivity contribution in [2.24, 2.45) is 5.92 Å². The summed E-state index contributed by atoms with van der Waals surface area (Å²) in [6.45, 7) is 3.39. The summed E-state index contributed by atoms with van der Waals surface area (Å²) in [5.74, 6) is -0.808. The monoisotopic (exact) mass is 506 g/mol. The maximum absolute atomic E-state index is 13.6. The average molecular weight is 507 g/mol. The molecular formula is C28H31FN4O4. The Kier molecular flexibility index (Phi) is 6.47. The predicted molar refractivity (Wildman–Crippen MR) is 135 cm³/mol. The Hall–Kier alpha value is -3.75. The first kappa shape index (κ1) is 24.9. The van der Waals surface area contributed by atoms with Crippen LogP contribution in [0.4, 0.5) is 14.9 Å². The molecule has 2 N–H and O–H groups in total. The van der Waals surface area contributed by atoms with Gasteiger partial charge in [-0.15, -0.1) is 0 Å². The number of hydrogen-bond donors (Lipinski definition) is 2. The van der Waals surface area contributed by atoms with Crippen LogP contribution in [0.25, 0.3) is 0 Å². The SMILES string of the molecule is CC(=O)Nc1ccc2c(c1)CCC1(C2)NC(=O)N(CC(=O)N(Cc2ccc(F)cc2)[C@@H](C)C2CC2)C1=O. The smallest absolute Gasteiger partial charge is 0.325 e. The molecule has 2 fully saturated rings. The molecule has 5 amide bonds. The number of imide groups is 1. The topological polar surface area (TPSA) is 98.8 Å². The number of aryl methyl sites for hydroxylation is 1. The van der Waals surface area contributed by atoms with Gasteiger partial charge in [0.05, 0.1) is 0 Å². The fourth-order valence-electron chi connectivity index (χ4n) is 5.49. The number of rotatable bonds is 7. The number of anilines is 1. The molecule has 1 saturated carbocycles. The minimum absolute atomic E-state index is 0.0494. The van der Waals surface area contributed by atoms with Gasteiger partial charge in [0, 0.05) is 31.6 Å². The van der Waals surface area contributed by atoms with Crippen LogP contribution in [0.2, 0.25) is 0 Å². The Bertz CT molecular complexity index is 1260. The van der Waals surface area contributed by atoms with E-state index in [0.717, 1.165) is 34.4 Å². The van der Waals surface area contributed by atoms with Gasteiger partial charge in [0.1, 0.15) is 17.9 Å². The number of nitrogens with one attached hydrogen (secondary N) is 2. The van der Waals surface area contributed by atoms with Gasteiger partial charge in [-0.05, 0) is 79.5 Å². The van der Waals surface area contributed by atoms with Gasteiger partial charge in [-0.3, -0.25) is 19.3 Å². The second kappa shape index (κ2) is 9.61. The molecule has 8 nitrogen and oxygen atoms in total. The molecule has 3 aliphatic rings. The zero-order valence-corrected chi connectivity index (χ0v) is 21.1. The van der Waals surface area contributed by atoms with Crippen LogP contribution in [0.15, 0.2) is 42.5 Å². The molecule has 1 spiro atoms. The van der Waals surface area contributed by atoms with Gasteiger partial charge in [0.25, 0.3) is 5.91 Å². The fourth-order valence-corrected chi connectivity index (χ4v) is 5.49. The number of halogens is 1. The molecule has 9 heteroatoms. The largest absolute Gasteiger partial charge is 0.334 e. The van der Waals surface area contributed by atoms with Gasteiger partial charge in [0.15, 0.2) is 0 Å². The summed E-state index contributed by atoms with van der Waals surface area (Å²) in [4.78, 5) is 54.1. The maximum atomic E-state index is 13.6. The van der Waals surface area contributed by atoms with Crippen molar-refractivity contribution in [3.63, 3.8) is 0 Å². The van der Waals surface area contributed by atoms with Gasteiger partial charge >= 0.3 is 6.03 Å². The van der Waals surface area contributed by atoms with E-state index in [1.807, 2.05) is 19.1 Å². The lowest BCUT2D eigenvalue weighted by molar-refractivity contribution is -0.141. The standard InChI is InChI=1S/C28H31FN4O4/c1-17(20-5-6-20)32(15-19-3-8-23(29)9-4-19)25(35)16-33-26(36)28(31-27(33)37)12-11-21-13-24(30-18(2)34)10-7-22(21)14-28/h3-4,7-10,13,17,20H,5-6,11-12,14-16H2,1-2H3,(H,30,34)(H,31,37)/t17-,28?/m0/s1. The lowest BCUT2D eigenvalue weighted by Gasteiger charge is -2.33. The van der Waals surface area contributed by atoms with E-state index in [0.29, 0.717) is 30.9 Å². The lowest BCUT2D eigenvalue weighted by Crippen LogP contribution is -2.52. The first-order valence-corrected chi connectivity index (χ1v) is 12.7. The molecule has 1 heterocycles. The minimum atomic E-state index is -1.08. The molecule has 37 heavy (non-hydrogen) atoms. The molecule has 2 aromatic rings. The van der Waals surface area contributed by atoms with Crippen molar-refractivity contribution in [1.29, 1.82) is 0 Å². The summed E-state index contributed by atoms with van der Waals surface area (Å²) in [5.41, 5.74) is 2.37. The highest BCUT2D eigenvalue weighted by molar-refractivity contribution is 6.09. The van der Waals surface area contributed by atoms with Crippen molar-refractivity contribution in [2.75, 3.05) is 11.9 Å². The normalized spacial score (nSPS) is 21.4. The van der Waals surface area contributed by atoms with Crippen molar-refractivity contribution in [3.8, 4) is 0 Å². The van der Waals surface area contributed by atoms with Crippen LogP contribution in [-0.2, 0) is 33.8 Å². The average Bonchev–Trinajstić information content (AvgIpc) is 3.68. The number of carbonyl (C=O) groups excluding carboxylic acids is 4. The highest BCUT2D eigenvalue weighted by Gasteiger charge is 2.53. The van der Waals surface area contributed by atoms with Gasteiger partial charge in [-0.2, -0.15) is 0 Å². The maximum Gasteiger partial charge on any atom is 0.325 e. The zero-order chi connectivity index (χ0) is 26.3. The molecule has 0 bridgehead atoms. The third-order valence-corrected chi connectivity index (χ3v) is 7.76. The predicted octanol–water partition coefficient (Wildman–Crippen LogP) is 3.39. The van der Waals surface area contributed by atoms with Gasteiger partial charge < -0.3 is 15.5 Å². The number of hydrogen-bond acceptors (Lipinski definition) is 4. The fraction of sp³-hybridized carbons (Fsp3) is 0.429. The molecule has 2 aliphatic carbocycles. The Labute approximate surface area is 215 Å². The Morgan fingerprint density at radius 3 is 2.57 bits per heavy atom. The molecule has 1 unspecified atom stereocenters. The van der Waals surface area contributed by atoms with Crippen molar-refractivity contribution in [1.82, 2.24) is 15.1 Å². The molecule has 5 rings (SSSR count). The van der Waals surface area contributed by atoms with Crippen LogP contribution in [0.3, 0.4) is 0 Å². The molecule has 1 aliphatic heterocycles. The summed E-state index contributed by atoms with van der Waals surface area (Å²) in [5, 5.41) is 5.64. The van der Waals surface area contributed by atoms with E-state index >= 15 is 0 Å². The Balaban J connectivity index is 1.31. The van der Waals surface area contributed by atoms with E-state index in [9.17, 15) is 23.6 Å². The number of fused-ring (bicyclic) bond motifs is 1. The van der Waals surface area contributed by atoms with E-state index in [4.69, 9.17) is 0 Å². The zero-order valence-electron chi connectivity index (χ0n) is 21.1. The van der Waals surface area contributed by atoms with Crippen molar-refractivity contribution < 1.29 is 23.6 Å². The summed E-state index contributed by atoms with van der Waals surface area (Å²) in [6, 6.07) is 11.0. The molecule has 2 aromatic carbocycles. The lowest BCUT2D eigenvalue weighted by atomic mass is 9.77. The third-order valence-electron chi connectivity index (χ3n) is 7.76. The molecule has 2 atom stereocenters. The van der Waals surface area contributed by atoms with E-state index in [1.54, 1.807) is 23.1 Å².